The third-order valence-corrected chi connectivity index (χ3v) is 2.68. The molecule has 0 saturated heterocycles. The van der Waals surface area contributed by atoms with Crippen LogP contribution in [-0.4, -0.2) is 60.1 Å². The van der Waals surface area contributed by atoms with Crippen LogP contribution in [0, 0.1) is 0 Å². The van der Waals surface area contributed by atoms with Crippen LogP contribution >= 0.6 is 0 Å². The molecule has 0 heterocycles. The molecular formula is C11H26N4O. The maximum absolute atomic E-state index is 8.55. The van der Waals surface area contributed by atoms with Crippen molar-refractivity contribution in [1.29, 1.82) is 0 Å². The summed E-state index contributed by atoms with van der Waals surface area (Å²) in [4.78, 5) is 4.59. The summed E-state index contributed by atoms with van der Waals surface area (Å²) in [5.41, 5.74) is 5.52. The van der Waals surface area contributed by atoms with Crippen molar-refractivity contribution in [3.63, 3.8) is 0 Å². The van der Waals surface area contributed by atoms with Crippen molar-refractivity contribution >= 4 is 5.84 Å². The normalized spacial score (nSPS) is 12.7. The molecule has 0 fully saturated rings. The van der Waals surface area contributed by atoms with E-state index >= 15 is 0 Å². The van der Waals surface area contributed by atoms with Gasteiger partial charge in [-0.1, -0.05) is 25.9 Å². The first kappa shape index (κ1) is 15.2. The summed E-state index contributed by atoms with van der Waals surface area (Å²) in [5.74, 6) is 0.285. The van der Waals surface area contributed by atoms with Gasteiger partial charge in [0.2, 0.25) is 0 Å². The summed E-state index contributed by atoms with van der Waals surface area (Å²) in [6.07, 6.45) is 1.08. The number of hydrogen-bond acceptors (Lipinski definition) is 4. The van der Waals surface area contributed by atoms with E-state index in [-0.39, 0.29) is 5.84 Å². The van der Waals surface area contributed by atoms with Crippen LogP contribution < -0.4 is 5.73 Å². The van der Waals surface area contributed by atoms with Crippen LogP contribution in [0.5, 0.6) is 0 Å². The summed E-state index contributed by atoms with van der Waals surface area (Å²) < 4.78 is 0. The quantitative estimate of drug-likeness (QED) is 0.266. The summed E-state index contributed by atoms with van der Waals surface area (Å²) in [6, 6.07) is 0. The van der Waals surface area contributed by atoms with E-state index in [2.05, 4.69) is 35.7 Å². The molecule has 5 nitrogen and oxygen atoms in total. The molecule has 0 saturated carbocycles. The number of hydrogen-bond donors (Lipinski definition) is 2. The molecule has 0 rings (SSSR count). The average molecular weight is 230 g/mol. The predicted octanol–water partition coefficient (Wildman–Crippen LogP) is 0.787. The Bertz CT molecular complexity index is 192. The van der Waals surface area contributed by atoms with E-state index in [1.165, 1.54) is 0 Å². The van der Waals surface area contributed by atoms with Crippen LogP contribution in [0.25, 0.3) is 0 Å². The number of nitrogens with zero attached hydrogens (tertiary/aromatic N) is 3. The van der Waals surface area contributed by atoms with Crippen molar-refractivity contribution in [2.75, 3.05) is 39.3 Å². The first-order valence-corrected chi connectivity index (χ1v) is 6.08. The van der Waals surface area contributed by atoms with Gasteiger partial charge in [0.15, 0.2) is 5.84 Å². The number of rotatable bonds is 9. The predicted molar refractivity (Wildman–Crippen MR) is 67.9 cm³/mol. The molecule has 0 aliphatic carbocycles. The van der Waals surface area contributed by atoms with Gasteiger partial charge in [-0.3, -0.25) is 4.90 Å². The molecule has 5 heteroatoms. The lowest BCUT2D eigenvalue weighted by atomic mass is 10.3. The smallest absolute Gasteiger partial charge is 0.153 e. The van der Waals surface area contributed by atoms with Crippen LogP contribution in [0.4, 0.5) is 0 Å². The fourth-order valence-electron chi connectivity index (χ4n) is 1.67. The molecule has 0 atom stereocenters. The van der Waals surface area contributed by atoms with Crippen LogP contribution in [0.15, 0.2) is 5.16 Å². The monoisotopic (exact) mass is 230 g/mol. The van der Waals surface area contributed by atoms with Gasteiger partial charge < -0.3 is 15.8 Å². The minimum atomic E-state index is 0.285. The van der Waals surface area contributed by atoms with Crippen molar-refractivity contribution in [2.45, 2.75) is 27.2 Å². The molecule has 0 aliphatic rings. The first-order chi connectivity index (χ1) is 7.67. The van der Waals surface area contributed by atoms with E-state index in [0.29, 0.717) is 6.54 Å². The highest BCUT2D eigenvalue weighted by molar-refractivity contribution is 5.81. The molecule has 0 amide bonds. The molecule has 0 bridgehead atoms. The highest BCUT2D eigenvalue weighted by Crippen LogP contribution is 1.94. The minimum Gasteiger partial charge on any atom is -0.409 e. The molecular weight excluding hydrogens is 204 g/mol. The van der Waals surface area contributed by atoms with Gasteiger partial charge in [-0.2, -0.15) is 0 Å². The zero-order valence-corrected chi connectivity index (χ0v) is 10.8. The van der Waals surface area contributed by atoms with Crippen LogP contribution in [0.2, 0.25) is 0 Å². The molecule has 0 radical (unpaired) electrons. The maximum Gasteiger partial charge on any atom is 0.153 e. The Labute approximate surface area is 98.9 Å². The van der Waals surface area contributed by atoms with Gasteiger partial charge in [-0.05, 0) is 26.1 Å². The largest absolute Gasteiger partial charge is 0.409 e. The molecule has 0 aromatic heterocycles. The van der Waals surface area contributed by atoms with Gasteiger partial charge in [0.1, 0.15) is 0 Å². The zero-order chi connectivity index (χ0) is 12.4. The third-order valence-electron chi connectivity index (χ3n) is 2.68. The Morgan fingerprint density at radius 2 is 1.62 bits per heavy atom. The second kappa shape index (κ2) is 9.42. The molecule has 0 aromatic carbocycles. The number of likely N-dealkylation sites (N-methyl/N-ethyl adjacent to an activating group) is 1. The summed E-state index contributed by atoms with van der Waals surface area (Å²) in [6.45, 7) is 12.1. The Morgan fingerprint density at radius 3 is 2.06 bits per heavy atom. The lowest BCUT2D eigenvalue weighted by Gasteiger charge is -2.25. The molecule has 0 aromatic rings. The van der Waals surface area contributed by atoms with Crippen molar-refractivity contribution in [3.05, 3.63) is 0 Å². The van der Waals surface area contributed by atoms with Gasteiger partial charge in [-0.25, -0.2) is 0 Å². The maximum atomic E-state index is 8.55. The molecule has 0 unspecified atom stereocenters. The Balaban J connectivity index is 4.01. The van der Waals surface area contributed by atoms with Gasteiger partial charge in [0.25, 0.3) is 0 Å². The average Bonchev–Trinajstić information content (AvgIpc) is 2.30. The highest BCUT2D eigenvalue weighted by Gasteiger charge is 2.08. The number of nitrogens with two attached hydrogens (primary N) is 1. The van der Waals surface area contributed by atoms with Crippen LogP contribution in [0.3, 0.4) is 0 Å². The third kappa shape index (κ3) is 6.63. The lowest BCUT2D eigenvalue weighted by molar-refractivity contribution is 0.228. The van der Waals surface area contributed by atoms with Crippen LogP contribution in [0.1, 0.15) is 27.2 Å². The van der Waals surface area contributed by atoms with Crippen molar-refractivity contribution < 1.29 is 5.21 Å². The Kier molecular flexibility index (Phi) is 8.94. The molecule has 0 aliphatic heterocycles. The van der Waals surface area contributed by atoms with Crippen LogP contribution in [-0.2, 0) is 0 Å². The first-order valence-electron chi connectivity index (χ1n) is 6.08. The van der Waals surface area contributed by atoms with Crippen molar-refractivity contribution in [2.24, 2.45) is 10.9 Å². The fraction of sp³-hybridized carbons (Fsp3) is 0.909. The molecule has 16 heavy (non-hydrogen) atoms. The van der Waals surface area contributed by atoms with Crippen molar-refractivity contribution in [3.8, 4) is 0 Å². The van der Waals surface area contributed by atoms with E-state index in [1.54, 1.807) is 0 Å². The summed E-state index contributed by atoms with van der Waals surface area (Å²) >= 11 is 0. The number of oxime groups is 1. The topological polar surface area (TPSA) is 65.1 Å². The minimum absolute atomic E-state index is 0.285. The lowest BCUT2D eigenvalue weighted by Crippen LogP contribution is -2.40. The van der Waals surface area contributed by atoms with E-state index in [4.69, 9.17) is 10.9 Å². The van der Waals surface area contributed by atoms with E-state index in [1.807, 2.05) is 0 Å². The summed E-state index contributed by atoms with van der Waals surface area (Å²) in [7, 11) is 0. The van der Waals surface area contributed by atoms with Crippen molar-refractivity contribution in [1.82, 2.24) is 9.80 Å². The Morgan fingerprint density at radius 1 is 1.06 bits per heavy atom. The second-order valence-electron chi connectivity index (χ2n) is 3.89. The highest BCUT2D eigenvalue weighted by atomic mass is 16.4. The van der Waals surface area contributed by atoms with Gasteiger partial charge in [0.05, 0.1) is 6.54 Å². The van der Waals surface area contributed by atoms with Gasteiger partial charge >= 0.3 is 0 Å². The van der Waals surface area contributed by atoms with E-state index in [0.717, 1.165) is 39.1 Å². The SMILES string of the molecule is CCCN(CCN(CC)CC)CC(N)=NO. The molecule has 3 N–H and O–H groups in total. The van der Waals surface area contributed by atoms with E-state index < -0.39 is 0 Å². The number of amidine groups is 1. The zero-order valence-electron chi connectivity index (χ0n) is 10.8. The molecule has 0 spiro atoms. The molecule has 96 valence electrons. The second-order valence-corrected chi connectivity index (χ2v) is 3.89. The van der Waals surface area contributed by atoms with Gasteiger partial charge in [0, 0.05) is 13.1 Å². The standard InChI is InChI=1S/C11H26N4O/c1-4-7-15(10-11(12)13-16)9-8-14(5-2)6-3/h16H,4-10H2,1-3H3,(H2,12,13). The summed E-state index contributed by atoms with van der Waals surface area (Å²) in [5, 5.41) is 11.6. The Hall–Kier alpha value is -0.810. The fourth-order valence-corrected chi connectivity index (χ4v) is 1.67. The van der Waals surface area contributed by atoms with Gasteiger partial charge in [-0.15, -0.1) is 0 Å². The van der Waals surface area contributed by atoms with E-state index in [9.17, 15) is 0 Å².